The van der Waals surface area contributed by atoms with Crippen molar-refractivity contribution < 1.29 is 14.4 Å². The molecule has 1 fully saturated rings. The van der Waals surface area contributed by atoms with Crippen LogP contribution in [0.15, 0.2) is 36.4 Å². The molecular weight excluding hydrogens is 489 g/mol. The highest BCUT2D eigenvalue weighted by Gasteiger charge is 2.25. The third-order valence-electron chi connectivity index (χ3n) is 6.39. The number of hydrogen-bond donors (Lipinski definition) is 2. The summed E-state index contributed by atoms with van der Waals surface area (Å²) >= 11 is 12.0. The summed E-state index contributed by atoms with van der Waals surface area (Å²) in [6.07, 6.45) is 5.24. The maximum Gasteiger partial charge on any atom is 0.258 e. The number of halogens is 2. The Morgan fingerprint density at radius 3 is 2.51 bits per heavy atom. The van der Waals surface area contributed by atoms with E-state index in [-0.39, 0.29) is 35.8 Å². The molecule has 0 saturated heterocycles. The van der Waals surface area contributed by atoms with Crippen molar-refractivity contribution in [3.63, 3.8) is 0 Å². The Kier molecular flexibility index (Phi) is 7.62. The molecule has 2 aromatic carbocycles. The van der Waals surface area contributed by atoms with E-state index in [4.69, 9.17) is 28.9 Å². The summed E-state index contributed by atoms with van der Waals surface area (Å²) < 4.78 is 1.72. The number of carbonyl (C=O) groups is 3. The first-order valence-corrected chi connectivity index (χ1v) is 12.3. The molecule has 184 valence electrons. The van der Waals surface area contributed by atoms with E-state index in [1.165, 1.54) is 12.5 Å². The van der Waals surface area contributed by atoms with E-state index in [0.29, 0.717) is 21.6 Å². The molecule has 0 atom stereocenters. The first-order valence-electron chi connectivity index (χ1n) is 11.6. The standard InChI is InChI=1S/C25H27Cl2N5O3/c1-31(24(35)15-5-3-2-4-6-15)17-8-10-21-20(14-17)29-25(32(21)12-11-22(28)33)30-23(34)16-7-9-18(26)19(27)13-16/h7-10,13-15H,2-6,11-12H2,1H3,(H2,28,33)(H,29,30,34). The fourth-order valence-electron chi connectivity index (χ4n) is 4.43. The van der Waals surface area contributed by atoms with Crippen LogP contribution in [-0.4, -0.2) is 34.3 Å². The second kappa shape index (κ2) is 10.7. The lowest BCUT2D eigenvalue weighted by molar-refractivity contribution is -0.123. The summed E-state index contributed by atoms with van der Waals surface area (Å²) in [6, 6.07) is 10.1. The van der Waals surface area contributed by atoms with Crippen LogP contribution >= 0.6 is 23.2 Å². The van der Waals surface area contributed by atoms with Crippen LogP contribution in [0.3, 0.4) is 0 Å². The number of anilines is 2. The topological polar surface area (TPSA) is 110 Å². The smallest absolute Gasteiger partial charge is 0.258 e. The van der Waals surface area contributed by atoms with Crippen LogP contribution in [0.5, 0.6) is 0 Å². The Hall–Kier alpha value is -3.10. The Bertz CT molecular complexity index is 1280. The third-order valence-corrected chi connectivity index (χ3v) is 7.13. The lowest BCUT2D eigenvalue weighted by Crippen LogP contribution is -2.33. The minimum absolute atomic E-state index is 0.0404. The van der Waals surface area contributed by atoms with E-state index in [0.717, 1.165) is 31.4 Å². The van der Waals surface area contributed by atoms with Crippen LogP contribution in [0.1, 0.15) is 48.9 Å². The van der Waals surface area contributed by atoms with Gasteiger partial charge in [-0.15, -0.1) is 0 Å². The van der Waals surface area contributed by atoms with E-state index in [1.54, 1.807) is 28.6 Å². The average molecular weight is 516 g/mol. The lowest BCUT2D eigenvalue weighted by atomic mass is 9.88. The molecule has 3 N–H and O–H groups in total. The number of hydrogen-bond acceptors (Lipinski definition) is 4. The van der Waals surface area contributed by atoms with Gasteiger partial charge in [0.1, 0.15) is 0 Å². The van der Waals surface area contributed by atoms with Gasteiger partial charge in [-0.25, -0.2) is 4.98 Å². The van der Waals surface area contributed by atoms with Crippen LogP contribution in [0.2, 0.25) is 10.0 Å². The second-order valence-corrected chi connectivity index (χ2v) is 9.61. The monoisotopic (exact) mass is 515 g/mol. The Labute approximate surface area is 213 Å². The number of nitrogens with zero attached hydrogens (tertiary/aromatic N) is 3. The zero-order valence-electron chi connectivity index (χ0n) is 19.4. The molecule has 0 spiro atoms. The molecular formula is C25H27Cl2N5O3. The van der Waals surface area contributed by atoms with Gasteiger partial charge in [0.15, 0.2) is 0 Å². The number of carbonyl (C=O) groups excluding carboxylic acids is 3. The number of aryl methyl sites for hydroxylation is 1. The van der Waals surface area contributed by atoms with E-state index >= 15 is 0 Å². The van der Waals surface area contributed by atoms with E-state index in [9.17, 15) is 14.4 Å². The molecule has 1 saturated carbocycles. The molecule has 10 heteroatoms. The predicted molar refractivity (Wildman–Crippen MR) is 138 cm³/mol. The van der Waals surface area contributed by atoms with Gasteiger partial charge < -0.3 is 15.2 Å². The molecule has 35 heavy (non-hydrogen) atoms. The molecule has 3 amide bonds. The number of primary amides is 1. The number of nitrogens with two attached hydrogens (primary N) is 1. The molecule has 1 heterocycles. The van der Waals surface area contributed by atoms with Crippen molar-refractivity contribution in [3.05, 3.63) is 52.0 Å². The number of nitrogens with one attached hydrogen (secondary N) is 1. The Morgan fingerprint density at radius 1 is 1.09 bits per heavy atom. The summed E-state index contributed by atoms with van der Waals surface area (Å²) in [5.74, 6) is -0.494. The van der Waals surface area contributed by atoms with Gasteiger partial charge in [0.05, 0.1) is 21.1 Å². The van der Waals surface area contributed by atoms with Gasteiger partial charge in [0.25, 0.3) is 5.91 Å². The highest BCUT2D eigenvalue weighted by molar-refractivity contribution is 6.42. The fraction of sp³-hybridized carbons (Fsp3) is 0.360. The Morgan fingerprint density at radius 2 is 1.83 bits per heavy atom. The van der Waals surface area contributed by atoms with Gasteiger partial charge in [-0.1, -0.05) is 42.5 Å². The maximum absolute atomic E-state index is 13.0. The SMILES string of the molecule is CN(C(=O)C1CCCCC1)c1ccc2c(c1)nc(NC(=O)c1ccc(Cl)c(Cl)c1)n2CCC(N)=O. The van der Waals surface area contributed by atoms with Crippen molar-refractivity contribution in [2.75, 3.05) is 17.3 Å². The van der Waals surface area contributed by atoms with Gasteiger partial charge in [-0.05, 0) is 49.2 Å². The maximum atomic E-state index is 13.0. The lowest BCUT2D eigenvalue weighted by Gasteiger charge is -2.26. The summed E-state index contributed by atoms with van der Waals surface area (Å²) in [5, 5.41) is 3.39. The minimum atomic E-state index is -0.469. The first kappa shape index (κ1) is 25.0. The molecule has 0 unspecified atom stereocenters. The summed E-state index contributed by atoms with van der Waals surface area (Å²) in [7, 11) is 1.77. The molecule has 0 bridgehead atoms. The van der Waals surface area contributed by atoms with Crippen molar-refractivity contribution in [2.45, 2.75) is 45.1 Å². The van der Waals surface area contributed by atoms with E-state index in [2.05, 4.69) is 10.3 Å². The van der Waals surface area contributed by atoms with E-state index < -0.39 is 11.8 Å². The molecule has 0 radical (unpaired) electrons. The normalized spacial score (nSPS) is 14.1. The highest BCUT2D eigenvalue weighted by Crippen LogP contribution is 2.30. The predicted octanol–water partition coefficient (Wildman–Crippen LogP) is 5.01. The largest absolute Gasteiger partial charge is 0.370 e. The first-order chi connectivity index (χ1) is 16.7. The highest BCUT2D eigenvalue weighted by atomic mass is 35.5. The molecule has 3 aromatic rings. The van der Waals surface area contributed by atoms with Crippen LogP contribution in [0.25, 0.3) is 11.0 Å². The molecule has 1 aliphatic carbocycles. The quantitative estimate of drug-likeness (QED) is 0.460. The second-order valence-electron chi connectivity index (χ2n) is 8.79. The van der Waals surface area contributed by atoms with Gasteiger partial charge in [0, 0.05) is 37.2 Å². The van der Waals surface area contributed by atoms with Gasteiger partial charge in [0.2, 0.25) is 17.8 Å². The van der Waals surface area contributed by atoms with Crippen LogP contribution in [0.4, 0.5) is 11.6 Å². The van der Waals surface area contributed by atoms with Crippen molar-refractivity contribution >= 4 is 63.6 Å². The Balaban J connectivity index is 1.64. The zero-order chi connectivity index (χ0) is 25.1. The number of amides is 3. The minimum Gasteiger partial charge on any atom is -0.370 e. The summed E-state index contributed by atoms with van der Waals surface area (Å²) in [5.41, 5.74) is 7.68. The average Bonchev–Trinajstić information content (AvgIpc) is 3.19. The van der Waals surface area contributed by atoms with Crippen molar-refractivity contribution in [2.24, 2.45) is 11.7 Å². The summed E-state index contributed by atoms with van der Waals surface area (Å²) in [4.78, 5) is 43.6. The fourth-order valence-corrected chi connectivity index (χ4v) is 4.73. The van der Waals surface area contributed by atoms with Crippen LogP contribution < -0.4 is 16.0 Å². The number of rotatable bonds is 7. The van der Waals surface area contributed by atoms with Crippen LogP contribution in [0, 0.1) is 5.92 Å². The number of imidazole rings is 1. The summed E-state index contributed by atoms with van der Waals surface area (Å²) in [6.45, 7) is 0.235. The molecule has 8 nitrogen and oxygen atoms in total. The number of benzene rings is 2. The molecule has 1 aliphatic rings. The van der Waals surface area contributed by atoms with Gasteiger partial charge in [-0.2, -0.15) is 0 Å². The third kappa shape index (κ3) is 5.60. The molecule has 1 aromatic heterocycles. The van der Waals surface area contributed by atoms with Gasteiger partial charge >= 0.3 is 0 Å². The van der Waals surface area contributed by atoms with Crippen LogP contribution in [-0.2, 0) is 16.1 Å². The molecule has 4 rings (SSSR count). The zero-order valence-corrected chi connectivity index (χ0v) is 20.9. The van der Waals surface area contributed by atoms with Crippen molar-refractivity contribution in [1.82, 2.24) is 9.55 Å². The van der Waals surface area contributed by atoms with E-state index in [1.807, 2.05) is 18.2 Å². The van der Waals surface area contributed by atoms with Crippen molar-refractivity contribution in [1.29, 1.82) is 0 Å². The van der Waals surface area contributed by atoms with Crippen molar-refractivity contribution in [3.8, 4) is 0 Å². The van der Waals surface area contributed by atoms with Gasteiger partial charge in [-0.3, -0.25) is 19.7 Å². The molecule has 0 aliphatic heterocycles. The number of fused-ring (bicyclic) bond motifs is 1. The number of aromatic nitrogens is 2.